The first-order valence-corrected chi connectivity index (χ1v) is 6.66. The van der Waals surface area contributed by atoms with Crippen LogP contribution in [0.3, 0.4) is 0 Å². The molecule has 1 aromatic rings. The van der Waals surface area contributed by atoms with Gasteiger partial charge in [-0.2, -0.15) is 0 Å². The van der Waals surface area contributed by atoms with Crippen LogP contribution in [0.25, 0.3) is 0 Å². The van der Waals surface area contributed by atoms with Gasteiger partial charge < -0.3 is 11.1 Å². The maximum absolute atomic E-state index is 11.8. The van der Waals surface area contributed by atoms with E-state index in [1.54, 1.807) is 6.07 Å². The van der Waals surface area contributed by atoms with Crippen molar-refractivity contribution >= 4 is 23.2 Å². The number of anilines is 1. The van der Waals surface area contributed by atoms with Crippen molar-refractivity contribution in [3.05, 3.63) is 28.8 Å². The molecule has 0 aromatic heterocycles. The summed E-state index contributed by atoms with van der Waals surface area (Å²) in [4.78, 5) is 11.8. The Labute approximate surface area is 114 Å². The number of carbonyl (C=O) groups is 1. The molecule has 100 valence electrons. The van der Waals surface area contributed by atoms with Crippen molar-refractivity contribution in [1.82, 2.24) is 0 Å². The van der Waals surface area contributed by atoms with Gasteiger partial charge in [0.25, 0.3) is 0 Å². The number of hydrogen-bond donors (Lipinski definition) is 2. The maximum atomic E-state index is 11.8. The number of nitrogens with one attached hydrogen (secondary N) is 1. The van der Waals surface area contributed by atoms with Crippen molar-refractivity contribution < 1.29 is 4.79 Å². The fraction of sp³-hybridized carbons (Fsp3) is 0.500. The highest BCUT2D eigenvalue weighted by Gasteiger charge is 2.08. The van der Waals surface area contributed by atoms with Crippen LogP contribution in [0.2, 0.25) is 5.02 Å². The second kappa shape index (κ2) is 7.39. The lowest BCUT2D eigenvalue weighted by Crippen LogP contribution is -2.14. The molecule has 3 nitrogen and oxygen atoms in total. The second-order valence-corrected chi connectivity index (χ2v) is 5.17. The molecule has 0 bridgehead atoms. The average molecular weight is 269 g/mol. The van der Waals surface area contributed by atoms with E-state index in [-0.39, 0.29) is 5.91 Å². The third-order valence-corrected chi connectivity index (χ3v) is 3.23. The standard InChI is InChI=1S/C14H21ClN2O/c1-10(7-8-16)3-6-14(18)17-13-9-12(15)5-4-11(13)2/h4-5,9-10H,3,6-8,16H2,1-2H3,(H,17,18). The van der Waals surface area contributed by atoms with E-state index in [1.165, 1.54) is 0 Å². The van der Waals surface area contributed by atoms with E-state index in [0.29, 0.717) is 23.9 Å². The molecule has 0 spiro atoms. The number of nitrogens with two attached hydrogens (primary N) is 1. The predicted octanol–water partition coefficient (Wildman–Crippen LogP) is 3.35. The van der Waals surface area contributed by atoms with E-state index in [2.05, 4.69) is 12.2 Å². The first-order valence-electron chi connectivity index (χ1n) is 6.29. The van der Waals surface area contributed by atoms with Crippen LogP contribution in [0, 0.1) is 12.8 Å². The SMILES string of the molecule is Cc1ccc(Cl)cc1NC(=O)CCC(C)CCN. The second-order valence-electron chi connectivity index (χ2n) is 4.73. The average Bonchev–Trinajstić information content (AvgIpc) is 2.32. The van der Waals surface area contributed by atoms with E-state index in [0.717, 1.165) is 24.1 Å². The lowest BCUT2D eigenvalue weighted by Gasteiger charge is -2.11. The summed E-state index contributed by atoms with van der Waals surface area (Å²) in [7, 11) is 0. The quantitative estimate of drug-likeness (QED) is 0.831. The zero-order valence-electron chi connectivity index (χ0n) is 11.0. The van der Waals surface area contributed by atoms with Gasteiger partial charge in [0.15, 0.2) is 0 Å². The Morgan fingerprint density at radius 3 is 2.83 bits per heavy atom. The van der Waals surface area contributed by atoms with Gasteiger partial charge in [0.2, 0.25) is 5.91 Å². The molecule has 1 aromatic carbocycles. The fourth-order valence-electron chi connectivity index (χ4n) is 1.75. The van der Waals surface area contributed by atoms with Crippen LogP contribution >= 0.6 is 11.6 Å². The van der Waals surface area contributed by atoms with Gasteiger partial charge in [0.05, 0.1) is 0 Å². The third kappa shape index (κ3) is 5.07. The molecule has 1 unspecified atom stereocenters. The van der Waals surface area contributed by atoms with Gasteiger partial charge in [-0.25, -0.2) is 0 Å². The summed E-state index contributed by atoms with van der Waals surface area (Å²) >= 11 is 5.90. The smallest absolute Gasteiger partial charge is 0.224 e. The van der Waals surface area contributed by atoms with E-state index >= 15 is 0 Å². The summed E-state index contributed by atoms with van der Waals surface area (Å²) in [5.74, 6) is 0.519. The molecule has 0 fully saturated rings. The molecule has 0 radical (unpaired) electrons. The van der Waals surface area contributed by atoms with Gasteiger partial charge in [0, 0.05) is 17.1 Å². The molecule has 3 N–H and O–H groups in total. The van der Waals surface area contributed by atoms with Crippen molar-refractivity contribution in [1.29, 1.82) is 0 Å². The summed E-state index contributed by atoms with van der Waals surface area (Å²) in [6.07, 6.45) is 2.35. The Kier molecular flexibility index (Phi) is 6.16. The Morgan fingerprint density at radius 2 is 2.17 bits per heavy atom. The first-order chi connectivity index (χ1) is 8.52. The van der Waals surface area contributed by atoms with Gasteiger partial charge in [0.1, 0.15) is 0 Å². The molecule has 1 amide bonds. The largest absolute Gasteiger partial charge is 0.330 e. The molecule has 0 aliphatic carbocycles. The molecule has 1 rings (SSSR count). The molecule has 18 heavy (non-hydrogen) atoms. The summed E-state index contributed by atoms with van der Waals surface area (Å²) in [6, 6.07) is 5.49. The molecule has 0 aliphatic rings. The number of benzene rings is 1. The van der Waals surface area contributed by atoms with Crippen LogP contribution in [0.4, 0.5) is 5.69 Å². The van der Waals surface area contributed by atoms with Crippen LogP contribution in [-0.2, 0) is 4.79 Å². The highest BCUT2D eigenvalue weighted by molar-refractivity contribution is 6.31. The Morgan fingerprint density at radius 1 is 1.44 bits per heavy atom. The lowest BCUT2D eigenvalue weighted by atomic mass is 10.0. The van der Waals surface area contributed by atoms with Crippen molar-refractivity contribution in [3.63, 3.8) is 0 Å². The third-order valence-electron chi connectivity index (χ3n) is 3.00. The van der Waals surface area contributed by atoms with Crippen LogP contribution in [0.15, 0.2) is 18.2 Å². The topological polar surface area (TPSA) is 55.1 Å². The van der Waals surface area contributed by atoms with Crippen molar-refractivity contribution in [2.45, 2.75) is 33.1 Å². The number of halogens is 1. The molecular weight excluding hydrogens is 248 g/mol. The Bertz CT molecular complexity index is 407. The van der Waals surface area contributed by atoms with Crippen molar-refractivity contribution in [2.24, 2.45) is 11.7 Å². The molecule has 0 saturated heterocycles. The van der Waals surface area contributed by atoms with Gasteiger partial charge in [-0.3, -0.25) is 4.79 Å². The van der Waals surface area contributed by atoms with Crippen LogP contribution in [-0.4, -0.2) is 12.5 Å². The van der Waals surface area contributed by atoms with E-state index in [9.17, 15) is 4.79 Å². The van der Waals surface area contributed by atoms with Gasteiger partial charge in [-0.1, -0.05) is 24.6 Å². The summed E-state index contributed by atoms with van der Waals surface area (Å²) in [5, 5.41) is 3.53. The van der Waals surface area contributed by atoms with Crippen LogP contribution in [0.5, 0.6) is 0 Å². The van der Waals surface area contributed by atoms with E-state index in [1.807, 2.05) is 19.1 Å². The van der Waals surface area contributed by atoms with Crippen LogP contribution in [0.1, 0.15) is 31.7 Å². The number of amides is 1. The molecule has 0 aliphatic heterocycles. The molecular formula is C14H21ClN2O. The van der Waals surface area contributed by atoms with Gasteiger partial charge >= 0.3 is 0 Å². The zero-order valence-corrected chi connectivity index (χ0v) is 11.8. The fourth-order valence-corrected chi connectivity index (χ4v) is 1.92. The van der Waals surface area contributed by atoms with Crippen molar-refractivity contribution in [3.8, 4) is 0 Å². The lowest BCUT2D eigenvalue weighted by molar-refractivity contribution is -0.116. The minimum Gasteiger partial charge on any atom is -0.330 e. The highest BCUT2D eigenvalue weighted by atomic mass is 35.5. The minimum atomic E-state index is 0.0317. The van der Waals surface area contributed by atoms with E-state index in [4.69, 9.17) is 17.3 Å². The zero-order chi connectivity index (χ0) is 13.5. The predicted molar refractivity (Wildman–Crippen MR) is 76.9 cm³/mol. The normalized spacial score (nSPS) is 12.2. The number of rotatable bonds is 6. The number of hydrogen-bond acceptors (Lipinski definition) is 2. The number of carbonyl (C=O) groups excluding carboxylic acids is 1. The highest BCUT2D eigenvalue weighted by Crippen LogP contribution is 2.20. The Balaban J connectivity index is 2.47. The summed E-state index contributed by atoms with van der Waals surface area (Å²) in [6.45, 7) is 4.74. The summed E-state index contributed by atoms with van der Waals surface area (Å²) < 4.78 is 0. The molecule has 0 heterocycles. The van der Waals surface area contributed by atoms with E-state index < -0.39 is 0 Å². The van der Waals surface area contributed by atoms with Gasteiger partial charge in [-0.15, -0.1) is 0 Å². The monoisotopic (exact) mass is 268 g/mol. The minimum absolute atomic E-state index is 0.0317. The van der Waals surface area contributed by atoms with Crippen molar-refractivity contribution in [2.75, 3.05) is 11.9 Å². The van der Waals surface area contributed by atoms with Gasteiger partial charge in [-0.05, 0) is 49.9 Å². The first kappa shape index (κ1) is 15.0. The molecule has 4 heteroatoms. The number of aryl methyl sites for hydroxylation is 1. The molecule has 1 atom stereocenters. The molecule has 0 saturated carbocycles. The Hall–Kier alpha value is -1.06. The summed E-state index contributed by atoms with van der Waals surface area (Å²) in [5.41, 5.74) is 7.29. The van der Waals surface area contributed by atoms with Crippen LogP contribution < -0.4 is 11.1 Å². The maximum Gasteiger partial charge on any atom is 0.224 e.